The molecule has 0 aliphatic rings. The summed E-state index contributed by atoms with van der Waals surface area (Å²) in [4.78, 5) is 20.9. The fourth-order valence-corrected chi connectivity index (χ4v) is 2.10. The van der Waals surface area contributed by atoms with E-state index in [1.165, 1.54) is 12.1 Å². The fraction of sp³-hybridized carbons (Fsp3) is 0.438. The monoisotopic (exact) mass is 307 g/mol. The van der Waals surface area contributed by atoms with Crippen molar-refractivity contribution in [3.63, 3.8) is 0 Å². The highest BCUT2D eigenvalue weighted by atomic mass is 16.7. The quantitative estimate of drug-likeness (QED) is 0.231. The van der Waals surface area contributed by atoms with Crippen molar-refractivity contribution >= 4 is 11.8 Å². The molecule has 6 nitrogen and oxygen atoms in total. The molecule has 0 saturated carbocycles. The van der Waals surface area contributed by atoms with Crippen LogP contribution in [0.1, 0.15) is 50.7 Å². The normalized spacial score (nSPS) is 12.2. The number of carbonyl (C=O) groups is 1. The van der Waals surface area contributed by atoms with Crippen LogP contribution in [0.4, 0.5) is 10.5 Å². The molecule has 0 aliphatic heterocycles. The third-order valence-electron chi connectivity index (χ3n) is 3.21. The topological polar surface area (TPSA) is 89.7 Å². The van der Waals surface area contributed by atoms with E-state index >= 15 is 0 Å². The zero-order chi connectivity index (χ0) is 16.4. The summed E-state index contributed by atoms with van der Waals surface area (Å²) in [7, 11) is 0. The summed E-state index contributed by atoms with van der Waals surface area (Å²) in [5.74, 6) is 0. The van der Waals surface area contributed by atoms with Gasteiger partial charge < -0.3 is 9.84 Å². The molecule has 22 heavy (non-hydrogen) atoms. The molecule has 1 unspecified atom stereocenters. The lowest BCUT2D eigenvalue weighted by Crippen LogP contribution is -2.09. The van der Waals surface area contributed by atoms with E-state index in [2.05, 4.69) is 19.1 Å². The Kier molecular flexibility index (Phi) is 7.67. The maximum atomic E-state index is 10.8. The second-order valence-corrected chi connectivity index (χ2v) is 4.89. The summed E-state index contributed by atoms with van der Waals surface area (Å²) in [6.07, 6.45) is 6.57. The van der Waals surface area contributed by atoms with Crippen molar-refractivity contribution in [3.05, 3.63) is 52.1 Å². The molecule has 1 aromatic carbocycles. The zero-order valence-corrected chi connectivity index (χ0v) is 12.6. The number of carboxylic acid groups (broad SMARTS) is 1. The van der Waals surface area contributed by atoms with Gasteiger partial charge in [0.15, 0.2) is 0 Å². The number of non-ortho nitro benzene ring substituents is 1. The van der Waals surface area contributed by atoms with E-state index in [1.807, 2.05) is 0 Å². The number of benzene rings is 1. The first-order valence-corrected chi connectivity index (χ1v) is 7.33. The van der Waals surface area contributed by atoms with Crippen LogP contribution in [0, 0.1) is 10.1 Å². The standard InChI is InChI=1S/C16H21NO5/c1-2-3-4-5-6-7-8-15(22-16(18)19)13-9-11-14(12-10-13)17(20)21/h3-4,9-12,15H,2,5-8H2,1H3,(H,18,19). The molecule has 1 aromatic rings. The predicted molar refractivity (Wildman–Crippen MR) is 82.8 cm³/mol. The Bertz CT molecular complexity index is 510. The summed E-state index contributed by atoms with van der Waals surface area (Å²) in [6, 6.07) is 5.81. The SMILES string of the molecule is CCC=CCCCCC(OC(=O)O)c1ccc([N+](=O)[O-])cc1. The molecule has 0 saturated heterocycles. The van der Waals surface area contributed by atoms with Gasteiger partial charge in [-0.05, 0) is 49.8 Å². The van der Waals surface area contributed by atoms with Gasteiger partial charge >= 0.3 is 6.16 Å². The van der Waals surface area contributed by atoms with E-state index in [0.717, 1.165) is 25.7 Å². The van der Waals surface area contributed by atoms with Gasteiger partial charge in [-0.2, -0.15) is 0 Å². The third kappa shape index (κ3) is 6.39. The molecular formula is C16H21NO5. The van der Waals surface area contributed by atoms with Gasteiger partial charge in [-0.3, -0.25) is 10.1 Å². The van der Waals surface area contributed by atoms with Gasteiger partial charge in [0, 0.05) is 12.1 Å². The molecule has 0 fully saturated rings. The van der Waals surface area contributed by atoms with Crippen molar-refractivity contribution in [2.75, 3.05) is 0 Å². The van der Waals surface area contributed by atoms with E-state index in [-0.39, 0.29) is 5.69 Å². The minimum absolute atomic E-state index is 0.0254. The van der Waals surface area contributed by atoms with Crippen LogP contribution in [0.25, 0.3) is 0 Å². The van der Waals surface area contributed by atoms with Crippen molar-refractivity contribution in [1.29, 1.82) is 0 Å². The average molecular weight is 307 g/mol. The van der Waals surface area contributed by atoms with Gasteiger partial charge in [0.1, 0.15) is 6.10 Å². The zero-order valence-electron chi connectivity index (χ0n) is 12.6. The summed E-state index contributed by atoms with van der Waals surface area (Å²) >= 11 is 0. The predicted octanol–water partition coefficient (Wildman–Crippen LogP) is 4.86. The maximum Gasteiger partial charge on any atom is 0.506 e. The highest BCUT2D eigenvalue weighted by Gasteiger charge is 2.17. The van der Waals surface area contributed by atoms with Gasteiger partial charge in [-0.15, -0.1) is 0 Å². The van der Waals surface area contributed by atoms with Crippen LogP contribution >= 0.6 is 0 Å². The van der Waals surface area contributed by atoms with Gasteiger partial charge in [0.05, 0.1) is 4.92 Å². The molecule has 1 atom stereocenters. The van der Waals surface area contributed by atoms with Gasteiger partial charge in [-0.25, -0.2) is 4.79 Å². The maximum absolute atomic E-state index is 10.8. The fourth-order valence-electron chi connectivity index (χ4n) is 2.10. The summed E-state index contributed by atoms with van der Waals surface area (Å²) in [5, 5.41) is 19.4. The van der Waals surface area contributed by atoms with E-state index in [9.17, 15) is 14.9 Å². The van der Waals surface area contributed by atoms with Crippen LogP contribution < -0.4 is 0 Å². The number of rotatable bonds is 9. The Morgan fingerprint density at radius 1 is 1.32 bits per heavy atom. The highest BCUT2D eigenvalue weighted by molar-refractivity contribution is 5.57. The Morgan fingerprint density at radius 2 is 2.00 bits per heavy atom. The lowest BCUT2D eigenvalue weighted by Gasteiger charge is -2.16. The van der Waals surface area contributed by atoms with E-state index in [0.29, 0.717) is 12.0 Å². The van der Waals surface area contributed by atoms with Crippen LogP contribution in [0.3, 0.4) is 0 Å². The van der Waals surface area contributed by atoms with Crippen LogP contribution in [0.5, 0.6) is 0 Å². The number of allylic oxidation sites excluding steroid dienone is 2. The van der Waals surface area contributed by atoms with Crippen LogP contribution in [-0.4, -0.2) is 16.2 Å². The molecule has 1 rings (SSSR count). The summed E-state index contributed by atoms with van der Waals surface area (Å²) in [6.45, 7) is 2.07. The summed E-state index contributed by atoms with van der Waals surface area (Å²) in [5.41, 5.74) is 0.611. The Balaban J connectivity index is 2.61. The van der Waals surface area contributed by atoms with E-state index in [4.69, 9.17) is 9.84 Å². The number of hydrogen-bond donors (Lipinski definition) is 1. The number of ether oxygens (including phenoxy) is 1. The highest BCUT2D eigenvalue weighted by Crippen LogP contribution is 2.26. The van der Waals surface area contributed by atoms with Crippen molar-refractivity contribution < 1.29 is 19.6 Å². The number of nitro benzene ring substituents is 1. The molecule has 120 valence electrons. The minimum atomic E-state index is -1.34. The van der Waals surface area contributed by atoms with E-state index < -0.39 is 17.2 Å². The molecule has 0 radical (unpaired) electrons. The first kappa shape index (κ1) is 17.7. The van der Waals surface area contributed by atoms with Gasteiger partial charge in [0.2, 0.25) is 0 Å². The first-order valence-electron chi connectivity index (χ1n) is 7.33. The Hall–Kier alpha value is -2.37. The molecular weight excluding hydrogens is 286 g/mol. The molecule has 0 aliphatic carbocycles. The average Bonchev–Trinajstić information content (AvgIpc) is 2.49. The van der Waals surface area contributed by atoms with Crippen LogP contribution in [-0.2, 0) is 4.74 Å². The second kappa shape index (κ2) is 9.55. The molecule has 1 N–H and O–H groups in total. The second-order valence-electron chi connectivity index (χ2n) is 4.89. The third-order valence-corrected chi connectivity index (χ3v) is 3.21. The molecule has 6 heteroatoms. The van der Waals surface area contributed by atoms with Gasteiger partial charge in [0.25, 0.3) is 5.69 Å². The molecule has 0 amide bonds. The largest absolute Gasteiger partial charge is 0.506 e. The Morgan fingerprint density at radius 3 is 2.55 bits per heavy atom. The van der Waals surface area contributed by atoms with Crippen molar-refractivity contribution in [2.45, 2.75) is 45.1 Å². The number of hydrogen-bond acceptors (Lipinski definition) is 4. The first-order chi connectivity index (χ1) is 10.5. The molecule has 0 spiro atoms. The smallest absolute Gasteiger partial charge is 0.450 e. The van der Waals surface area contributed by atoms with Crippen molar-refractivity contribution in [3.8, 4) is 0 Å². The molecule has 0 aromatic heterocycles. The van der Waals surface area contributed by atoms with Crippen molar-refractivity contribution in [1.82, 2.24) is 0 Å². The Labute approximate surface area is 129 Å². The number of nitrogens with zero attached hydrogens (tertiary/aromatic N) is 1. The lowest BCUT2D eigenvalue weighted by atomic mass is 10.0. The molecule has 0 bridgehead atoms. The summed E-state index contributed by atoms with van der Waals surface area (Å²) < 4.78 is 4.89. The number of unbranched alkanes of at least 4 members (excludes halogenated alkanes) is 2. The van der Waals surface area contributed by atoms with Gasteiger partial charge in [-0.1, -0.05) is 19.1 Å². The molecule has 0 heterocycles. The number of nitro groups is 1. The van der Waals surface area contributed by atoms with Crippen LogP contribution in [0.2, 0.25) is 0 Å². The lowest BCUT2D eigenvalue weighted by molar-refractivity contribution is -0.384. The minimum Gasteiger partial charge on any atom is -0.450 e. The van der Waals surface area contributed by atoms with E-state index in [1.54, 1.807) is 12.1 Å². The van der Waals surface area contributed by atoms with Crippen LogP contribution in [0.15, 0.2) is 36.4 Å². The van der Waals surface area contributed by atoms with Crippen molar-refractivity contribution in [2.24, 2.45) is 0 Å².